The van der Waals surface area contributed by atoms with Crippen molar-refractivity contribution in [1.82, 2.24) is 0 Å². The summed E-state index contributed by atoms with van der Waals surface area (Å²) in [6, 6.07) is 0. The summed E-state index contributed by atoms with van der Waals surface area (Å²) in [5, 5.41) is 18.4. The van der Waals surface area contributed by atoms with E-state index in [2.05, 4.69) is 6.92 Å². The van der Waals surface area contributed by atoms with Gasteiger partial charge in [0.1, 0.15) is 0 Å². The molecule has 0 aromatic heterocycles. The molecule has 0 aliphatic rings. The van der Waals surface area contributed by atoms with Crippen LogP contribution in [-0.4, -0.2) is 142 Å². The Labute approximate surface area is 230 Å². The number of ether oxygens (including phenoxy) is 9. The molecule has 0 saturated heterocycles. The SMILES string of the molecule is CCCCCCCC(O)COCCOCCOCCOCCOCCOCCOCCOCCOCCO. The van der Waals surface area contributed by atoms with Gasteiger partial charge >= 0.3 is 0 Å². The Balaban J connectivity index is 3.07. The zero-order valence-electron chi connectivity index (χ0n) is 23.8. The fourth-order valence-corrected chi connectivity index (χ4v) is 3.11. The smallest absolute Gasteiger partial charge is 0.0773 e. The first-order valence-electron chi connectivity index (χ1n) is 14.3. The van der Waals surface area contributed by atoms with Gasteiger partial charge < -0.3 is 52.8 Å². The van der Waals surface area contributed by atoms with Crippen LogP contribution < -0.4 is 0 Å². The van der Waals surface area contributed by atoms with Crippen LogP contribution >= 0.6 is 0 Å². The largest absolute Gasteiger partial charge is 0.394 e. The summed E-state index contributed by atoms with van der Waals surface area (Å²) < 4.78 is 48.5. The highest BCUT2D eigenvalue weighted by atomic mass is 16.6. The topological polar surface area (TPSA) is 124 Å². The fourth-order valence-electron chi connectivity index (χ4n) is 3.11. The maximum Gasteiger partial charge on any atom is 0.0773 e. The molecule has 0 amide bonds. The minimum absolute atomic E-state index is 0.0276. The molecule has 1 unspecified atom stereocenters. The van der Waals surface area contributed by atoms with Gasteiger partial charge in [-0.25, -0.2) is 0 Å². The van der Waals surface area contributed by atoms with Crippen LogP contribution in [0.2, 0.25) is 0 Å². The first kappa shape index (κ1) is 37.6. The minimum atomic E-state index is -0.378. The summed E-state index contributed by atoms with van der Waals surface area (Å²) in [5.41, 5.74) is 0. The van der Waals surface area contributed by atoms with Crippen molar-refractivity contribution in [3.63, 3.8) is 0 Å². The van der Waals surface area contributed by atoms with Crippen LogP contribution in [0.25, 0.3) is 0 Å². The van der Waals surface area contributed by atoms with E-state index in [-0.39, 0.29) is 12.7 Å². The molecule has 0 aliphatic carbocycles. The van der Waals surface area contributed by atoms with Crippen LogP contribution in [0, 0.1) is 0 Å². The van der Waals surface area contributed by atoms with Crippen molar-refractivity contribution >= 4 is 0 Å². The molecule has 0 rings (SSSR count). The van der Waals surface area contributed by atoms with Gasteiger partial charge in [0, 0.05) is 0 Å². The summed E-state index contributed by atoms with van der Waals surface area (Å²) in [6.07, 6.45) is 6.43. The maximum atomic E-state index is 9.87. The lowest BCUT2D eigenvalue weighted by Crippen LogP contribution is -2.18. The van der Waals surface area contributed by atoms with E-state index in [9.17, 15) is 5.11 Å². The van der Waals surface area contributed by atoms with Gasteiger partial charge in [-0.05, 0) is 6.42 Å². The van der Waals surface area contributed by atoms with Gasteiger partial charge in [0.15, 0.2) is 0 Å². The highest BCUT2D eigenvalue weighted by molar-refractivity contribution is 4.54. The number of rotatable bonds is 34. The Bertz CT molecular complexity index is 418. The summed E-state index contributed by atoms with van der Waals surface area (Å²) in [4.78, 5) is 0. The molecule has 11 nitrogen and oxygen atoms in total. The number of unbranched alkanes of at least 4 members (excludes halogenated alkanes) is 4. The van der Waals surface area contributed by atoms with E-state index in [1.54, 1.807) is 0 Å². The lowest BCUT2D eigenvalue weighted by Gasteiger charge is -2.11. The van der Waals surface area contributed by atoms with Crippen LogP contribution in [0.1, 0.15) is 45.4 Å². The van der Waals surface area contributed by atoms with E-state index >= 15 is 0 Å². The zero-order chi connectivity index (χ0) is 27.6. The van der Waals surface area contributed by atoms with Crippen molar-refractivity contribution in [3.05, 3.63) is 0 Å². The molecule has 0 heterocycles. The number of hydrogen-bond acceptors (Lipinski definition) is 11. The van der Waals surface area contributed by atoms with Crippen LogP contribution in [0.3, 0.4) is 0 Å². The van der Waals surface area contributed by atoms with E-state index in [1.165, 1.54) is 25.7 Å². The van der Waals surface area contributed by atoms with E-state index in [1.807, 2.05) is 0 Å². The Morgan fingerprint density at radius 3 is 1.08 bits per heavy atom. The molecular weight excluding hydrogens is 500 g/mol. The molecule has 0 spiro atoms. The average molecular weight is 557 g/mol. The first-order valence-corrected chi connectivity index (χ1v) is 14.3. The molecule has 0 saturated carbocycles. The molecule has 0 aromatic rings. The Hall–Kier alpha value is -0.440. The van der Waals surface area contributed by atoms with Crippen molar-refractivity contribution in [1.29, 1.82) is 0 Å². The van der Waals surface area contributed by atoms with Gasteiger partial charge in [0.05, 0.1) is 132 Å². The second-order valence-electron chi connectivity index (χ2n) is 8.55. The standard InChI is InChI=1S/C27H56O11/c1-2-3-4-5-6-7-27(29)26-38-25-24-37-23-22-36-21-20-35-19-18-34-17-16-33-15-14-32-13-12-31-11-10-30-9-8-28/h27-29H,2-26H2,1H3. The third-order valence-electron chi connectivity index (χ3n) is 5.16. The predicted octanol–water partition coefficient (Wildman–Crippen LogP) is 1.85. The highest BCUT2D eigenvalue weighted by Gasteiger charge is 2.04. The molecule has 38 heavy (non-hydrogen) atoms. The molecular formula is C27H56O11. The highest BCUT2D eigenvalue weighted by Crippen LogP contribution is 2.07. The quantitative estimate of drug-likeness (QED) is 0.113. The fraction of sp³-hybridized carbons (Fsp3) is 1.00. The van der Waals surface area contributed by atoms with Crippen molar-refractivity contribution in [2.24, 2.45) is 0 Å². The number of hydrogen-bond donors (Lipinski definition) is 2. The summed E-state index contributed by atoms with van der Waals surface area (Å²) in [6.45, 7) is 11.0. The molecule has 1 atom stereocenters. The zero-order valence-corrected chi connectivity index (χ0v) is 23.8. The second-order valence-corrected chi connectivity index (χ2v) is 8.55. The third kappa shape index (κ3) is 33.6. The van der Waals surface area contributed by atoms with Gasteiger partial charge in [0.25, 0.3) is 0 Å². The van der Waals surface area contributed by atoms with Crippen molar-refractivity contribution in [2.45, 2.75) is 51.6 Å². The van der Waals surface area contributed by atoms with Crippen molar-refractivity contribution in [2.75, 3.05) is 126 Å². The minimum Gasteiger partial charge on any atom is -0.394 e. The average Bonchev–Trinajstić information content (AvgIpc) is 2.92. The second kappa shape index (κ2) is 34.6. The first-order chi connectivity index (χ1) is 18.8. The van der Waals surface area contributed by atoms with Gasteiger partial charge in [-0.3, -0.25) is 0 Å². The maximum absolute atomic E-state index is 9.87. The molecule has 0 bridgehead atoms. The van der Waals surface area contributed by atoms with E-state index in [0.717, 1.165) is 12.8 Å². The van der Waals surface area contributed by atoms with Gasteiger partial charge in [-0.1, -0.05) is 39.0 Å². The molecule has 11 heteroatoms. The molecule has 0 radical (unpaired) electrons. The predicted molar refractivity (Wildman–Crippen MR) is 144 cm³/mol. The molecule has 0 aliphatic heterocycles. The van der Waals surface area contributed by atoms with Crippen molar-refractivity contribution < 1.29 is 52.8 Å². The summed E-state index contributed by atoms with van der Waals surface area (Å²) >= 11 is 0. The summed E-state index contributed by atoms with van der Waals surface area (Å²) in [7, 11) is 0. The lowest BCUT2D eigenvalue weighted by atomic mass is 10.1. The van der Waals surface area contributed by atoms with Crippen LogP contribution in [0.15, 0.2) is 0 Å². The van der Waals surface area contributed by atoms with Gasteiger partial charge in [-0.15, -0.1) is 0 Å². The third-order valence-corrected chi connectivity index (χ3v) is 5.16. The summed E-state index contributed by atoms with van der Waals surface area (Å²) in [5.74, 6) is 0. The monoisotopic (exact) mass is 556 g/mol. The number of aliphatic hydroxyl groups is 2. The lowest BCUT2D eigenvalue weighted by molar-refractivity contribution is -0.0286. The number of aliphatic hydroxyl groups excluding tert-OH is 2. The van der Waals surface area contributed by atoms with Gasteiger partial charge in [-0.2, -0.15) is 0 Å². The Morgan fingerprint density at radius 1 is 0.421 bits per heavy atom. The normalized spacial score (nSPS) is 12.4. The van der Waals surface area contributed by atoms with Gasteiger partial charge in [0.2, 0.25) is 0 Å². The molecule has 0 fully saturated rings. The Kier molecular flexibility index (Phi) is 34.2. The van der Waals surface area contributed by atoms with Crippen LogP contribution in [0.4, 0.5) is 0 Å². The Morgan fingerprint density at radius 2 is 0.737 bits per heavy atom. The van der Waals surface area contributed by atoms with E-state index < -0.39 is 0 Å². The molecule has 230 valence electrons. The van der Waals surface area contributed by atoms with E-state index in [4.69, 9.17) is 47.7 Å². The molecule has 2 N–H and O–H groups in total. The van der Waals surface area contributed by atoms with Crippen LogP contribution in [-0.2, 0) is 42.6 Å². The molecule has 0 aromatic carbocycles. The van der Waals surface area contributed by atoms with Crippen LogP contribution in [0.5, 0.6) is 0 Å². The van der Waals surface area contributed by atoms with E-state index in [0.29, 0.717) is 119 Å². The van der Waals surface area contributed by atoms with Crippen molar-refractivity contribution in [3.8, 4) is 0 Å².